The van der Waals surface area contributed by atoms with Crippen LogP contribution in [-0.2, 0) is 6.42 Å². The topological polar surface area (TPSA) is 68.4 Å². The normalized spacial score (nSPS) is 14.1. The van der Waals surface area contributed by atoms with Crippen molar-refractivity contribution in [3.63, 3.8) is 0 Å². The van der Waals surface area contributed by atoms with E-state index < -0.39 is 6.10 Å². The average Bonchev–Trinajstić information content (AvgIpc) is 2.87. The zero-order valence-electron chi connectivity index (χ0n) is 11.3. The molecule has 0 amide bonds. The number of nitrogens with zero attached hydrogens (tertiary/aromatic N) is 2. The first kappa shape index (κ1) is 13.5. The lowest BCUT2D eigenvalue weighted by Crippen LogP contribution is -2.11. The molecule has 5 heteroatoms. The number of hydrogen-bond donors (Lipinski definition) is 1. The van der Waals surface area contributed by atoms with Gasteiger partial charge in [-0.25, -0.2) is 0 Å². The molecule has 5 nitrogen and oxygen atoms in total. The molecule has 0 aliphatic heterocycles. The van der Waals surface area contributed by atoms with Crippen LogP contribution >= 0.6 is 0 Å². The first-order valence-corrected chi connectivity index (χ1v) is 6.24. The van der Waals surface area contributed by atoms with Crippen LogP contribution in [0.3, 0.4) is 0 Å². The van der Waals surface area contributed by atoms with E-state index in [1.807, 2.05) is 31.2 Å². The number of ether oxygens (including phenoxy) is 1. The van der Waals surface area contributed by atoms with Gasteiger partial charge in [0, 0.05) is 12.0 Å². The molecule has 0 fully saturated rings. The second-order valence-electron chi connectivity index (χ2n) is 4.57. The van der Waals surface area contributed by atoms with E-state index in [0.29, 0.717) is 18.1 Å². The quantitative estimate of drug-likeness (QED) is 0.894. The molecule has 0 spiro atoms. The molecule has 0 aliphatic rings. The van der Waals surface area contributed by atoms with Crippen molar-refractivity contribution in [3.05, 3.63) is 41.5 Å². The number of methoxy groups -OCH3 is 1. The summed E-state index contributed by atoms with van der Waals surface area (Å²) in [5.41, 5.74) is 1.00. The Morgan fingerprint density at radius 3 is 2.74 bits per heavy atom. The molecule has 0 aliphatic carbocycles. The second-order valence-corrected chi connectivity index (χ2v) is 4.57. The monoisotopic (exact) mass is 262 g/mol. The molecule has 1 N–H and O–H groups in total. The molecule has 2 unspecified atom stereocenters. The van der Waals surface area contributed by atoms with Gasteiger partial charge in [-0.2, -0.15) is 4.98 Å². The van der Waals surface area contributed by atoms with Crippen LogP contribution in [0.1, 0.15) is 37.0 Å². The van der Waals surface area contributed by atoms with Crippen LogP contribution in [0.4, 0.5) is 0 Å². The van der Waals surface area contributed by atoms with E-state index in [1.54, 1.807) is 14.0 Å². The minimum atomic E-state index is -0.514. The van der Waals surface area contributed by atoms with Crippen molar-refractivity contribution in [2.24, 2.45) is 0 Å². The van der Waals surface area contributed by atoms with Gasteiger partial charge in [-0.05, 0) is 13.0 Å². The number of aliphatic hydroxyl groups excluding tert-OH is 1. The lowest BCUT2D eigenvalue weighted by molar-refractivity contribution is 0.151. The maximum absolute atomic E-state index is 9.51. The van der Waals surface area contributed by atoms with E-state index in [4.69, 9.17) is 9.26 Å². The van der Waals surface area contributed by atoms with E-state index in [-0.39, 0.29) is 5.92 Å². The molecular weight excluding hydrogens is 244 g/mol. The fraction of sp³-hybridized carbons (Fsp3) is 0.429. The van der Waals surface area contributed by atoms with Crippen molar-refractivity contribution in [1.29, 1.82) is 0 Å². The number of aromatic nitrogens is 2. The summed E-state index contributed by atoms with van der Waals surface area (Å²) in [6, 6.07) is 7.72. The number of para-hydroxylation sites is 1. The van der Waals surface area contributed by atoms with Gasteiger partial charge < -0.3 is 14.4 Å². The predicted molar refractivity (Wildman–Crippen MR) is 70.2 cm³/mol. The molecule has 2 aromatic rings. The van der Waals surface area contributed by atoms with Crippen LogP contribution < -0.4 is 4.74 Å². The van der Waals surface area contributed by atoms with Crippen molar-refractivity contribution in [3.8, 4) is 5.75 Å². The Morgan fingerprint density at radius 1 is 1.32 bits per heavy atom. The van der Waals surface area contributed by atoms with E-state index >= 15 is 0 Å². The second kappa shape index (κ2) is 5.84. The number of aliphatic hydroxyl groups is 1. The van der Waals surface area contributed by atoms with E-state index in [0.717, 1.165) is 11.3 Å². The Kier molecular flexibility index (Phi) is 4.16. The maximum Gasteiger partial charge on any atom is 0.232 e. The van der Waals surface area contributed by atoms with Crippen molar-refractivity contribution >= 4 is 0 Å². The smallest absolute Gasteiger partial charge is 0.232 e. The van der Waals surface area contributed by atoms with Crippen LogP contribution in [0, 0.1) is 0 Å². The highest BCUT2D eigenvalue weighted by atomic mass is 16.5. The molecule has 102 valence electrons. The molecule has 0 saturated carbocycles. The van der Waals surface area contributed by atoms with Crippen molar-refractivity contribution in [2.75, 3.05) is 7.11 Å². The highest BCUT2D eigenvalue weighted by Crippen LogP contribution is 2.21. The predicted octanol–water partition coefficient (Wildman–Crippen LogP) is 2.15. The van der Waals surface area contributed by atoms with Crippen LogP contribution in [0.2, 0.25) is 0 Å². The molecule has 2 rings (SSSR count). The first-order chi connectivity index (χ1) is 9.11. The van der Waals surface area contributed by atoms with Crippen molar-refractivity contribution in [1.82, 2.24) is 10.1 Å². The van der Waals surface area contributed by atoms with Crippen molar-refractivity contribution < 1.29 is 14.4 Å². The van der Waals surface area contributed by atoms with Gasteiger partial charge in [0.25, 0.3) is 0 Å². The third-order valence-electron chi connectivity index (χ3n) is 3.14. The minimum absolute atomic E-state index is 0.168. The molecule has 2 atom stereocenters. The van der Waals surface area contributed by atoms with Gasteiger partial charge in [-0.1, -0.05) is 30.3 Å². The third kappa shape index (κ3) is 3.12. The minimum Gasteiger partial charge on any atom is -0.496 e. The van der Waals surface area contributed by atoms with E-state index in [9.17, 15) is 5.11 Å². The zero-order chi connectivity index (χ0) is 13.8. The van der Waals surface area contributed by atoms with Gasteiger partial charge in [-0.15, -0.1) is 0 Å². The van der Waals surface area contributed by atoms with E-state index in [1.165, 1.54) is 0 Å². The molecule has 0 bridgehead atoms. The van der Waals surface area contributed by atoms with Gasteiger partial charge in [-0.3, -0.25) is 0 Å². The average molecular weight is 262 g/mol. The molecule has 1 heterocycles. The fourth-order valence-electron chi connectivity index (χ4n) is 1.75. The zero-order valence-corrected chi connectivity index (χ0v) is 11.3. The number of rotatable bonds is 5. The Morgan fingerprint density at radius 2 is 2.05 bits per heavy atom. The molecule has 1 aromatic carbocycles. The summed E-state index contributed by atoms with van der Waals surface area (Å²) in [6.07, 6.45) is 0.0274. The van der Waals surface area contributed by atoms with Gasteiger partial charge >= 0.3 is 0 Å². The van der Waals surface area contributed by atoms with Crippen LogP contribution in [0.25, 0.3) is 0 Å². The molecule has 0 radical (unpaired) electrons. The summed E-state index contributed by atoms with van der Waals surface area (Å²) in [7, 11) is 1.63. The summed E-state index contributed by atoms with van der Waals surface area (Å²) in [5, 5.41) is 13.4. The van der Waals surface area contributed by atoms with Crippen molar-refractivity contribution in [2.45, 2.75) is 32.3 Å². The highest BCUT2D eigenvalue weighted by molar-refractivity contribution is 5.35. The first-order valence-electron chi connectivity index (χ1n) is 6.24. The largest absolute Gasteiger partial charge is 0.496 e. The Bertz CT molecular complexity index is 537. The third-order valence-corrected chi connectivity index (χ3v) is 3.14. The van der Waals surface area contributed by atoms with Gasteiger partial charge in [0.2, 0.25) is 5.89 Å². The molecular formula is C14H18N2O3. The lowest BCUT2D eigenvalue weighted by atomic mass is 10.1. The maximum atomic E-state index is 9.51. The summed E-state index contributed by atoms with van der Waals surface area (Å²) >= 11 is 0. The molecule has 0 saturated heterocycles. The van der Waals surface area contributed by atoms with Crippen LogP contribution in [-0.4, -0.2) is 28.5 Å². The SMILES string of the molecule is COc1ccccc1Cc1noc(C(C)C(C)O)n1. The number of benzene rings is 1. The van der Waals surface area contributed by atoms with Gasteiger partial charge in [0.15, 0.2) is 5.82 Å². The van der Waals surface area contributed by atoms with E-state index in [2.05, 4.69) is 10.1 Å². The Labute approximate surface area is 112 Å². The standard InChI is InChI=1S/C14H18N2O3/c1-9(10(2)17)14-15-13(16-19-14)8-11-6-4-5-7-12(11)18-3/h4-7,9-10,17H,8H2,1-3H3. The molecule has 1 aromatic heterocycles. The summed E-state index contributed by atoms with van der Waals surface area (Å²) < 4.78 is 10.5. The highest BCUT2D eigenvalue weighted by Gasteiger charge is 2.19. The summed E-state index contributed by atoms with van der Waals surface area (Å²) in [5.74, 6) is 1.68. The summed E-state index contributed by atoms with van der Waals surface area (Å²) in [4.78, 5) is 4.31. The van der Waals surface area contributed by atoms with Gasteiger partial charge in [0.05, 0.1) is 19.1 Å². The summed E-state index contributed by atoms with van der Waals surface area (Å²) in [6.45, 7) is 3.56. The van der Waals surface area contributed by atoms with Gasteiger partial charge in [0.1, 0.15) is 5.75 Å². The molecule has 19 heavy (non-hydrogen) atoms. The van der Waals surface area contributed by atoms with Crippen LogP contribution in [0.15, 0.2) is 28.8 Å². The van der Waals surface area contributed by atoms with Crippen LogP contribution in [0.5, 0.6) is 5.75 Å². The Hall–Kier alpha value is -1.88. The fourth-order valence-corrected chi connectivity index (χ4v) is 1.75. The lowest BCUT2D eigenvalue weighted by Gasteiger charge is -2.08. The number of hydrogen-bond acceptors (Lipinski definition) is 5. The Balaban J connectivity index is 2.16.